The van der Waals surface area contributed by atoms with Crippen molar-refractivity contribution in [2.24, 2.45) is 5.92 Å². The van der Waals surface area contributed by atoms with Crippen LogP contribution in [0.5, 0.6) is 0 Å². The summed E-state index contributed by atoms with van der Waals surface area (Å²) < 4.78 is 47.3. The van der Waals surface area contributed by atoms with E-state index in [1.54, 1.807) is 7.05 Å². The fourth-order valence-electron chi connectivity index (χ4n) is 1.84. The van der Waals surface area contributed by atoms with Gasteiger partial charge < -0.3 is 5.32 Å². The number of nitrogens with one attached hydrogen (secondary N) is 1. The second-order valence-corrected chi connectivity index (χ2v) is 9.21. The fraction of sp³-hybridized carbons (Fsp3) is 0.538. The first-order valence-electron chi connectivity index (χ1n) is 6.28. The Morgan fingerprint density at radius 2 is 1.45 bits per heavy atom. The second-order valence-electron chi connectivity index (χ2n) is 5.16. The van der Waals surface area contributed by atoms with Gasteiger partial charge in [-0.1, -0.05) is 13.8 Å². The molecule has 7 heteroatoms. The molecule has 0 spiro atoms. The van der Waals surface area contributed by atoms with E-state index in [4.69, 9.17) is 0 Å². The minimum atomic E-state index is -3.44. The topological polar surface area (TPSA) is 80.3 Å². The van der Waals surface area contributed by atoms with E-state index < -0.39 is 19.7 Å². The predicted molar refractivity (Wildman–Crippen MR) is 79.3 cm³/mol. The molecule has 0 saturated heterocycles. The van der Waals surface area contributed by atoms with E-state index in [1.165, 1.54) is 24.3 Å². The molecule has 0 aromatic heterocycles. The molecule has 1 rings (SSSR count). The highest BCUT2D eigenvalue weighted by Gasteiger charge is 2.22. The zero-order chi connectivity index (χ0) is 15.6. The molecule has 0 aliphatic rings. The number of benzene rings is 1. The van der Waals surface area contributed by atoms with Crippen molar-refractivity contribution in [3.63, 3.8) is 0 Å². The van der Waals surface area contributed by atoms with E-state index in [0.717, 1.165) is 6.26 Å². The van der Waals surface area contributed by atoms with Gasteiger partial charge in [0.05, 0.1) is 15.5 Å². The summed E-state index contributed by atoms with van der Waals surface area (Å²) >= 11 is 0. The van der Waals surface area contributed by atoms with Crippen LogP contribution in [0.4, 0.5) is 0 Å². The molecule has 1 atom stereocenters. The van der Waals surface area contributed by atoms with Crippen molar-refractivity contribution in [3.05, 3.63) is 24.3 Å². The number of hydrogen-bond donors (Lipinski definition) is 1. The van der Waals surface area contributed by atoms with Gasteiger partial charge in [-0.05, 0) is 37.2 Å². The molecule has 0 radical (unpaired) electrons. The van der Waals surface area contributed by atoms with Gasteiger partial charge in [0.2, 0.25) is 0 Å². The first-order valence-corrected chi connectivity index (χ1v) is 9.82. The fourth-order valence-corrected chi connectivity index (χ4v) is 4.23. The molecule has 0 aliphatic heterocycles. The van der Waals surface area contributed by atoms with E-state index in [9.17, 15) is 16.8 Å². The Morgan fingerprint density at radius 3 is 1.80 bits per heavy atom. The van der Waals surface area contributed by atoms with E-state index in [1.807, 2.05) is 13.8 Å². The predicted octanol–water partition coefficient (Wildman–Crippen LogP) is 1.11. The summed E-state index contributed by atoms with van der Waals surface area (Å²) in [6.45, 7) is 3.90. The molecule has 114 valence electrons. The summed E-state index contributed by atoms with van der Waals surface area (Å²) in [5.41, 5.74) is 0. The van der Waals surface area contributed by atoms with Gasteiger partial charge in [0.1, 0.15) is 0 Å². The number of sulfone groups is 2. The van der Waals surface area contributed by atoms with Gasteiger partial charge in [0.15, 0.2) is 19.7 Å². The van der Waals surface area contributed by atoms with Gasteiger partial charge in [-0.25, -0.2) is 16.8 Å². The molecule has 0 fully saturated rings. The van der Waals surface area contributed by atoms with E-state index >= 15 is 0 Å². The van der Waals surface area contributed by atoms with Crippen LogP contribution in [0.1, 0.15) is 13.8 Å². The van der Waals surface area contributed by atoms with Crippen LogP contribution in [0.15, 0.2) is 34.1 Å². The molecule has 1 aromatic rings. The zero-order valence-electron chi connectivity index (χ0n) is 12.1. The minimum absolute atomic E-state index is 0.0145. The Morgan fingerprint density at radius 1 is 1.00 bits per heavy atom. The van der Waals surface area contributed by atoms with E-state index in [0.29, 0.717) is 0 Å². The maximum Gasteiger partial charge on any atom is 0.179 e. The van der Waals surface area contributed by atoms with Crippen molar-refractivity contribution < 1.29 is 16.8 Å². The molecule has 0 heterocycles. The minimum Gasteiger partial charge on any atom is -0.316 e. The lowest BCUT2D eigenvalue weighted by Gasteiger charge is -2.20. The normalized spacial score (nSPS) is 14.4. The quantitative estimate of drug-likeness (QED) is 0.849. The molecule has 1 aromatic carbocycles. The summed E-state index contributed by atoms with van der Waals surface area (Å²) in [4.78, 5) is 0.260. The SMILES string of the molecule is CNC(CS(=O)(=O)c1ccc(S(C)(=O)=O)cc1)C(C)C. The molecule has 0 aliphatic carbocycles. The Hall–Kier alpha value is -0.920. The van der Waals surface area contributed by atoms with Crippen molar-refractivity contribution in [1.29, 1.82) is 0 Å². The van der Waals surface area contributed by atoms with Crippen molar-refractivity contribution in [1.82, 2.24) is 5.32 Å². The van der Waals surface area contributed by atoms with Gasteiger partial charge in [-0.15, -0.1) is 0 Å². The molecular formula is C13H21NO4S2. The maximum atomic E-state index is 12.3. The molecule has 0 amide bonds. The molecule has 0 bridgehead atoms. The Kier molecular flexibility index (Phi) is 5.34. The Bertz CT molecular complexity index is 646. The lowest BCUT2D eigenvalue weighted by molar-refractivity contribution is 0.455. The standard InChI is InChI=1S/C13H21NO4S2/c1-10(2)13(14-3)9-20(17,18)12-7-5-11(6-8-12)19(4,15)16/h5-8,10,13-14H,9H2,1-4H3. The number of rotatable bonds is 6. The highest BCUT2D eigenvalue weighted by atomic mass is 32.2. The monoisotopic (exact) mass is 319 g/mol. The molecule has 1 N–H and O–H groups in total. The highest BCUT2D eigenvalue weighted by molar-refractivity contribution is 7.91. The van der Waals surface area contributed by atoms with Crippen LogP contribution in [0.3, 0.4) is 0 Å². The average Bonchev–Trinajstić information content (AvgIpc) is 2.35. The molecule has 5 nitrogen and oxygen atoms in total. The van der Waals surface area contributed by atoms with Crippen LogP contribution in [0.25, 0.3) is 0 Å². The zero-order valence-corrected chi connectivity index (χ0v) is 13.8. The number of hydrogen-bond acceptors (Lipinski definition) is 5. The van der Waals surface area contributed by atoms with Crippen LogP contribution in [0.2, 0.25) is 0 Å². The summed E-state index contributed by atoms with van der Waals surface area (Å²) in [7, 11) is -5.02. The van der Waals surface area contributed by atoms with Crippen LogP contribution in [0, 0.1) is 5.92 Å². The van der Waals surface area contributed by atoms with Crippen molar-refractivity contribution in [3.8, 4) is 0 Å². The van der Waals surface area contributed by atoms with Crippen LogP contribution in [-0.4, -0.2) is 41.9 Å². The smallest absolute Gasteiger partial charge is 0.179 e. The van der Waals surface area contributed by atoms with Crippen LogP contribution < -0.4 is 5.32 Å². The lowest BCUT2D eigenvalue weighted by Crippen LogP contribution is -2.37. The van der Waals surface area contributed by atoms with Gasteiger partial charge in [-0.2, -0.15) is 0 Å². The first-order chi connectivity index (χ1) is 9.08. The third kappa shape index (κ3) is 4.29. The average molecular weight is 319 g/mol. The molecule has 20 heavy (non-hydrogen) atoms. The summed E-state index contributed by atoms with van der Waals surface area (Å²) in [6.07, 6.45) is 1.09. The second kappa shape index (κ2) is 6.24. The molecule has 0 saturated carbocycles. The van der Waals surface area contributed by atoms with Crippen molar-refractivity contribution >= 4 is 19.7 Å². The summed E-state index contributed by atoms with van der Waals surface area (Å²) in [5, 5.41) is 2.99. The Balaban J connectivity index is 3.05. The Labute approximate surface area is 121 Å². The largest absolute Gasteiger partial charge is 0.316 e. The van der Waals surface area contributed by atoms with Crippen molar-refractivity contribution in [2.45, 2.75) is 29.7 Å². The van der Waals surface area contributed by atoms with Gasteiger partial charge in [0, 0.05) is 12.3 Å². The third-order valence-corrected chi connectivity index (χ3v) is 6.10. The lowest BCUT2D eigenvalue weighted by atomic mass is 10.1. The van der Waals surface area contributed by atoms with Crippen LogP contribution >= 0.6 is 0 Å². The summed E-state index contributed by atoms with van der Waals surface area (Å²) in [6, 6.07) is 5.20. The van der Waals surface area contributed by atoms with E-state index in [-0.39, 0.29) is 27.5 Å². The van der Waals surface area contributed by atoms with Gasteiger partial charge in [0.25, 0.3) is 0 Å². The maximum absolute atomic E-state index is 12.3. The van der Waals surface area contributed by atoms with Crippen LogP contribution in [-0.2, 0) is 19.7 Å². The highest BCUT2D eigenvalue weighted by Crippen LogP contribution is 2.17. The third-order valence-electron chi connectivity index (χ3n) is 3.19. The molecule has 1 unspecified atom stereocenters. The first kappa shape index (κ1) is 17.1. The summed E-state index contributed by atoms with van der Waals surface area (Å²) in [5.74, 6) is 0.171. The molecular weight excluding hydrogens is 298 g/mol. The van der Waals surface area contributed by atoms with Gasteiger partial charge >= 0.3 is 0 Å². The van der Waals surface area contributed by atoms with Gasteiger partial charge in [-0.3, -0.25) is 0 Å². The van der Waals surface area contributed by atoms with E-state index in [2.05, 4.69) is 5.32 Å². The van der Waals surface area contributed by atoms with Crippen molar-refractivity contribution in [2.75, 3.05) is 19.1 Å².